The molecule has 0 spiro atoms. The van der Waals surface area contributed by atoms with Crippen molar-refractivity contribution in [3.8, 4) is 11.5 Å². The maximum atomic E-state index is 11.7. The number of carbonyl (C=O) groups is 1. The van der Waals surface area contributed by atoms with Gasteiger partial charge in [-0.2, -0.15) is 0 Å². The van der Waals surface area contributed by atoms with Gasteiger partial charge < -0.3 is 15.6 Å². The van der Waals surface area contributed by atoms with Crippen molar-refractivity contribution in [1.29, 1.82) is 0 Å². The Morgan fingerprint density at radius 1 is 1.15 bits per heavy atom. The van der Waals surface area contributed by atoms with Crippen molar-refractivity contribution in [2.24, 2.45) is 0 Å². The molecule has 7 heteroatoms. The van der Waals surface area contributed by atoms with Crippen LogP contribution in [-0.4, -0.2) is 22.4 Å². The molecular formula is C20H19N3O3S. The molecule has 0 unspecified atom stereocenters. The lowest BCUT2D eigenvalue weighted by Crippen LogP contribution is -2.29. The summed E-state index contributed by atoms with van der Waals surface area (Å²) in [6.45, 7) is 0.200. The fourth-order valence-corrected chi connectivity index (χ4v) is 3.05. The van der Waals surface area contributed by atoms with Crippen LogP contribution in [0.15, 0.2) is 71.8 Å². The molecule has 1 heterocycles. The number of nitrogens with two attached hydrogens (primary N) is 1. The van der Waals surface area contributed by atoms with Gasteiger partial charge in [0.25, 0.3) is 0 Å². The van der Waals surface area contributed by atoms with Gasteiger partial charge in [0, 0.05) is 22.8 Å². The molecule has 0 aliphatic carbocycles. The van der Waals surface area contributed by atoms with E-state index in [1.54, 1.807) is 24.3 Å². The van der Waals surface area contributed by atoms with Crippen molar-refractivity contribution in [3.63, 3.8) is 0 Å². The summed E-state index contributed by atoms with van der Waals surface area (Å²) in [5.41, 5.74) is 7.46. The Bertz CT molecular complexity index is 935. The summed E-state index contributed by atoms with van der Waals surface area (Å²) >= 11 is 1.53. The van der Waals surface area contributed by atoms with Crippen molar-refractivity contribution < 1.29 is 14.6 Å². The molecule has 27 heavy (non-hydrogen) atoms. The standard InChI is InChI=1S/C20H19N3O3S/c1-27-18-11-15(7-8-17(18)21)26-16-9-10-22-19(12-16)23(20(24)25)13-14-5-3-2-4-6-14/h2-12H,13,21H2,1H3,(H,24,25). The number of nitrogens with zero attached hydrogens (tertiary/aromatic N) is 2. The number of ether oxygens (including phenoxy) is 1. The Morgan fingerprint density at radius 3 is 2.59 bits per heavy atom. The van der Waals surface area contributed by atoms with Crippen LogP contribution >= 0.6 is 11.8 Å². The molecule has 138 valence electrons. The van der Waals surface area contributed by atoms with E-state index in [-0.39, 0.29) is 6.54 Å². The van der Waals surface area contributed by atoms with Crippen molar-refractivity contribution in [2.45, 2.75) is 11.4 Å². The van der Waals surface area contributed by atoms with Crippen molar-refractivity contribution >= 4 is 29.4 Å². The zero-order valence-electron chi connectivity index (χ0n) is 14.7. The molecule has 0 bridgehead atoms. The highest BCUT2D eigenvalue weighted by atomic mass is 32.2. The van der Waals surface area contributed by atoms with E-state index in [0.29, 0.717) is 23.0 Å². The van der Waals surface area contributed by atoms with Crippen LogP contribution in [0.3, 0.4) is 0 Å². The van der Waals surface area contributed by atoms with Crippen LogP contribution < -0.4 is 15.4 Å². The van der Waals surface area contributed by atoms with Crippen LogP contribution in [0.5, 0.6) is 11.5 Å². The minimum absolute atomic E-state index is 0.200. The van der Waals surface area contributed by atoms with Gasteiger partial charge in [-0.25, -0.2) is 9.78 Å². The number of benzene rings is 2. The number of rotatable bonds is 6. The first-order valence-corrected chi connectivity index (χ1v) is 9.41. The van der Waals surface area contributed by atoms with Gasteiger partial charge in [0.1, 0.15) is 17.3 Å². The molecule has 1 amide bonds. The second kappa shape index (κ2) is 8.46. The van der Waals surface area contributed by atoms with E-state index in [2.05, 4.69) is 4.98 Å². The first kappa shape index (κ1) is 18.6. The van der Waals surface area contributed by atoms with E-state index in [9.17, 15) is 9.90 Å². The van der Waals surface area contributed by atoms with E-state index >= 15 is 0 Å². The van der Waals surface area contributed by atoms with Crippen LogP contribution in [0.25, 0.3) is 0 Å². The van der Waals surface area contributed by atoms with Gasteiger partial charge in [-0.3, -0.25) is 4.90 Å². The summed E-state index contributed by atoms with van der Waals surface area (Å²) in [7, 11) is 0. The number of hydrogen-bond donors (Lipinski definition) is 2. The largest absolute Gasteiger partial charge is 0.465 e. The molecule has 3 rings (SSSR count). The van der Waals surface area contributed by atoms with Gasteiger partial charge in [0.2, 0.25) is 0 Å². The lowest BCUT2D eigenvalue weighted by molar-refractivity contribution is 0.201. The van der Waals surface area contributed by atoms with Gasteiger partial charge in [0.15, 0.2) is 0 Å². The lowest BCUT2D eigenvalue weighted by atomic mass is 10.2. The van der Waals surface area contributed by atoms with Crippen molar-refractivity contribution in [2.75, 3.05) is 16.9 Å². The molecule has 0 saturated carbocycles. The summed E-state index contributed by atoms with van der Waals surface area (Å²) < 4.78 is 5.87. The highest BCUT2D eigenvalue weighted by Crippen LogP contribution is 2.31. The molecule has 3 aromatic rings. The quantitative estimate of drug-likeness (QED) is 0.468. The molecule has 0 atom stereocenters. The highest BCUT2D eigenvalue weighted by Gasteiger charge is 2.17. The third-order valence-corrected chi connectivity index (χ3v) is 4.64. The summed E-state index contributed by atoms with van der Waals surface area (Å²) in [6, 6.07) is 18.0. The van der Waals surface area contributed by atoms with Gasteiger partial charge in [-0.15, -0.1) is 11.8 Å². The molecule has 0 radical (unpaired) electrons. The summed E-state index contributed by atoms with van der Waals surface area (Å²) in [4.78, 5) is 18.0. The number of thioether (sulfide) groups is 1. The van der Waals surface area contributed by atoms with Gasteiger partial charge in [0.05, 0.1) is 6.54 Å². The van der Waals surface area contributed by atoms with E-state index in [1.165, 1.54) is 22.9 Å². The zero-order chi connectivity index (χ0) is 19.2. The van der Waals surface area contributed by atoms with E-state index in [0.717, 1.165) is 10.5 Å². The number of amides is 1. The molecule has 0 fully saturated rings. The second-order valence-corrected chi connectivity index (χ2v) is 6.56. The monoisotopic (exact) mass is 381 g/mol. The van der Waals surface area contributed by atoms with Crippen LogP contribution in [0.2, 0.25) is 0 Å². The van der Waals surface area contributed by atoms with E-state index in [4.69, 9.17) is 10.5 Å². The number of anilines is 2. The fraction of sp³-hybridized carbons (Fsp3) is 0.100. The molecule has 0 aliphatic rings. The minimum Gasteiger partial charge on any atom is -0.465 e. The average molecular weight is 381 g/mol. The first-order valence-electron chi connectivity index (χ1n) is 8.18. The van der Waals surface area contributed by atoms with E-state index < -0.39 is 6.09 Å². The van der Waals surface area contributed by atoms with Gasteiger partial charge in [-0.05, 0) is 36.1 Å². The van der Waals surface area contributed by atoms with Crippen LogP contribution in [0, 0.1) is 0 Å². The predicted octanol–water partition coefficient (Wildman–Crippen LogP) is 4.86. The molecule has 1 aromatic heterocycles. The Morgan fingerprint density at radius 2 is 1.89 bits per heavy atom. The number of pyridine rings is 1. The van der Waals surface area contributed by atoms with Crippen molar-refractivity contribution in [3.05, 3.63) is 72.4 Å². The van der Waals surface area contributed by atoms with Gasteiger partial charge in [-0.1, -0.05) is 30.3 Å². The lowest BCUT2D eigenvalue weighted by Gasteiger charge is -2.19. The summed E-state index contributed by atoms with van der Waals surface area (Å²) in [5, 5.41) is 9.60. The minimum atomic E-state index is -1.08. The zero-order valence-corrected chi connectivity index (χ0v) is 15.5. The molecule has 0 aliphatic heterocycles. The van der Waals surface area contributed by atoms with Crippen LogP contribution in [0.1, 0.15) is 5.56 Å². The highest BCUT2D eigenvalue weighted by molar-refractivity contribution is 7.98. The molecule has 3 N–H and O–H groups in total. The first-order chi connectivity index (χ1) is 13.1. The smallest absolute Gasteiger partial charge is 0.413 e. The average Bonchev–Trinajstić information content (AvgIpc) is 2.68. The summed E-state index contributed by atoms with van der Waals surface area (Å²) in [5.74, 6) is 1.41. The molecule has 2 aromatic carbocycles. The van der Waals surface area contributed by atoms with Crippen LogP contribution in [0.4, 0.5) is 16.3 Å². The Hall–Kier alpha value is -3.19. The van der Waals surface area contributed by atoms with Crippen molar-refractivity contribution in [1.82, 2.24) is 4.98 Å². The maximum Gasteiger partial charge on any atom is 0.413 e. The van der Waals surface area contributed by atoms with Gasteiger partial charge >= 0.3 is 6.09 Å². The van der Waals surface area contributed by atoms with Crippen LogP contribution in [-0.2, 0) is 6.54 Å². The molecule has 0 saturated heterocycles. The number of carboxylic acid groups (broad SMARTS) is 1. The Labute approximate surface area is 161 Å². The predicted molar refractivity (Wildman–Crippen MR) is 108 cm³/mol. The van der Waals surface area contributed by atoms with E-state index in [1.807, 2.05) is 42.7 Å². The molecule has 6 nitrogen and oxygen atoms in total. The third-order valence-electron chi connectivity index (χ3n) is 3.85. The maximum absolute atomic E-state index is 11.7. The summed E-state index contributed by atoms with van der Waals surface area (Å²) in [6.07, 6.45) is 2.38. The second-order valence-electron chi connectivity index (χ2n) is 5.71. The Kier molecular flexibility index (Phi) is 5.83. The number of aromatic nitrogens is 1. The SMILES string of the molecule is CSc1cc(Oc2ccnc(N(Cc3ccccc3)C(=O)O)c2)ccc1N. The molecular weight excluding hydrogens is 362 g/mol. The third kappa shape index (κ3) is 4.71. The normalized spacial score (nSPS) is 10.4. The fourth-order valence-electron chi connectivity index (χ4n) is 2.51. The number of hydrogen-bond acceptors (Lipinski definition) is 5. The number of nitrogen functional groups attached to an aromatic ring is 1. The topological polar surface area (TPSA) is 88.7 Å². The Balaban J connectivity index is 1.84.